The molecule has 72 valence electrons. The van der Waals surface area contributed by atoms with Crippen molar-refractivity contribution in [2.45, 2.75) is 32.9 Å². The maximum Gasteiger partial charge on any atom is 0.267 e. The van der Waals surface area contributed by atoms with Gasteiger partial charge in [0, 0.05) is 6.07 Å². The van der Waals surface area contributed by atoms with Crippen LogP contribution in [-0.4, -0.2) is 21.0 Å². The maximum atomic E-state index is 11.3. The first-order valence-electron chi connectivity index (χ1n) is 4.27. The summed E-state index contributed by atoms with van der Waals surface area (Å²) in [4.78, 5) is 11.3. The van der Waals surface area contributed by atoms with Crippen LogP contribution in [0.15, 0.2) is 16.9 Å². The molecule has 4 heteroatoms. The van der Waals surface area contributed by atoms with Crippen molar-refractivity contribution in [2.24, 2.45) is 0 Å². The average Bonchev–Trinajstić information content (AvgIpc) is 2.08. The zero-order valence-corrected chi connectivity index (χ0v) is 8.06. The SMILES string of the molecule is Cc1ccc(=O)n([C@H](C)[C@H](C)O)n1. The fourth-order valence-corrected chi connectivity index (χ4v) is 1.02. The number of nitrogens with zero attached hydrogens (tertiary/aromatic N) is 2. The van der Waals surface area contributed by atoms with Gasteiger partial charge in [0.25, 0.3) is 5.56 Å². The topological polar surface area (TPSA) is 55.1 Å². The fourth-order valence-electron chi connectivity index (χ4n) is 1.02. The minimum atomic E-state index is -0.577. The third kappa shape index (κ3) is 2.15. The van der Waals surface area contributed by atoms with Crippen molar-refractivity contribution in [1.82, 2.24) is 9.78 Å². The molecule has 0 unspecified atom stereocenters. The molecule has 0 saturated heterocycles. The van der Waals surface area contributed by atoms with E-state index >= 15 is 0 Å². The van der Waals surface area contributed by atoms with E-state index in [2.05, 4.69) is 5.10 Å². The standard InChI is InChI=1S/C9H14N2O2/c1-6-4-5-9(13)11(10-6)7(2)8(3)12/h4-5,7-8,12H,1-3H3/t7-,8+/m1/s1. The second-order valence-electron chi connectivity index (χ2n) is 3.24. The van der Waals surface area contributed by atoms with Crippen molar-refractivity contribution < 1.29 is 5.11 Å². The lowest BCUT2D eigenvalue weighted by Crippen LogP contribution is -2.31. The monoisotopic (exact) mass is 182 g/mol. The highest BCUT2D eigenvalue weighted by atomic mass is 16.3. The molecule has 0 amide bonds. The zero-order chi connectivity index (χ0) is 10.0. The number of aliphatic hydroxyl groups excluding tert-OH is 1. The number of aryl methyl sites for hydroxylation is 1. The first-order chi connectivity index (χ1) is 6.02. The highest BCUT2D eigenvalue weighted by Gasteiger charge is 2.12. The van der Waals surface area contributed by atoms with Gasteiger partial charge >= 0.3 is 0 Å². The van der Waals surface area contributed by atoms with Gasteiger partial charge in [0.05, 0.1) is 17.8 Å². The lowest BCUT2D eigenvalue weighted by Gasteiger charge is -2.16. The second-order valence-corrected chi connectivity index (χ2v) is 3.24. The van der Waals surface area contributed by atoms with Crippen LogP contribution in [0.3, 0.4) is 0 Å². The smallest absolute Gasteiger partial charge is 0.267 e. The van der Waals surface area contributed by atoms with Crippen LogP contribution in [0.1, 0.15) is 25.6 Å². The lowest BCUT2D eigenvalue weighted by molar-refractivity contribution is 0.129. The van der Waals surface area contributed by atoms with Crippen molar-refractivity contribution in [1.29, 1.82) is 0 Å². The van der Waals surface area contributed by atoms with Gasteiger partial charge in [0.2, 0.25) is 0 Å². The van der Waals surface area contributed by atoms with Gasteiger partial charge in [-0.3, -0.25) is 4.79 Å². The number of aliphatic hydroxyl groups is 1. The van der Waals surface area contributed by atoms with Crippen LogP contribution in [0.4, 0.5) is 0 Å². The molecule has 0 bridgehead atoms. The molecular weight excluding hydrogens is 168 g/mol. The number of aromatic nitrogens is 2. The summed E-state index contributed by atoms with van der Waals surface area (Å²) in [7, 11) is 0. The Labute approximate surface area is 76.8 Å². The summed E-state index contributed by atoms with van der Waals surface area (Å²) in [6, 6.07) is 2.84. The van der Waals surface area contributed by atoms with Crippen molar-refractivity contribution in [3.05, 3.63) is 28.2 Å². The number of hydrogen-bond acceptors (Lipinski definition) is 3. The van der Waals surface area contributed by atoms with E-state index in [1.807, 2.05) is 6.92 Å². The third-order valence-electron chi connectivity index (χ3n) is 2.04. The van der Waals surface area contributed by atoms with Crippen LogP contribution >= 0.6 is 0 Å². The maximum absolute atomic E-state index is 11.3. The Kier molecular flexibility index (Phi) is 2.83. The molecule has 0 aliphatic carbocycles. The van der Waals surface area contributed by atoms with Crippen LogP contribution in [0.25, 0.3) is 0 Å². The molecule has 0 aromatic carbocycles. The van der Waals surface area contributed by atoms with Gasteiger partial charge in [-0.05, 0) is 26.8 Å². The van der Waals surface area contributed by atoms with Gasteiger partial charge in [0.1, 0.15) is 0 Å². The summed E-state index contributed by atoms with van der Waals surface area (Å²) in [5.74, 6) is 0. The Balaban J connectivity index is 3.13. The molecule has 1 N–H and O–H groups in total. The quantitative estimate of drug-likeness (QED) is 0.724. The van der Waals surface area contributed by atoms with Crippen LogP contribution in [0, 0.1) is 6.92 Å². The Morgan fingerprint density at radius 3 is 2.62 bits per heavy atom. The van der Waals surface area contributed by atoms with Crippen LogP contribution in [0.5, 0.6) is 0 Å². The molecule has 1 heterocycles. The van der Waals surface area contributed by atoms with E-state index in [9.17, 15) is 9.90 Å². The fraction of sp³-hybridized carbons (Fsp3) is 0.556. The van der Waals surface area contributed by atoms with E-state index in [-0.39, 0.29) is 11.6 Å². The summed E-state index contributed by atoms with van der Waals surface area (Å²) < 4.78 is 1.31. The Morgan fingerprint density at radius 2 is 2.08 bits per heavy atom. The Hall–Kier alpha value is -1.16. The van der Waals surface area contributed by atoms with E-state index in [4.69, 9.17) is 0 Å². The molecule has 0 radical (unpaired) electrons. The molecule has 2 atom stereocenters. The van der Waals surface area contributed by atoms with E-state index in [1.54, 1.807) is 19.9 Å². The van der Waals surface area contributed by atoms with E-state index < -0.39 is 6.10 Å². The minimum absolute atomic E-state index is 0.181. The summed E-state index contributed by atoms with van der Waals surface area (Å²) in [5.41, 5.74) is 0.589. The molecule has 13 heavy (non-hydrogen) atoms. The van der Waals surface area contributed by atoms with Crippen LogP contribution < -0.4 is 5.56 Å². The molecule has 0 spiro atoms. The molecule has 0 saturated carbocycles. The second kappa shape index (κ2) is 3.70. The van der Waals surface area contributed by atoms with Crippen molar-refractivity contribution in [3.8, 4) is 0 Å². The highest BCUT2D eigenvalue weighted by molar-refractivity contribution is 4.98. The first-order valence-corrected chi connectivity index (χ1v) is 4.27. The molecule has 1 rings (SSSR count). The van der Waals surface area contributed by atoms with Gasteiger partial charge in [0.15, 0.2) is 0 Å². The molecule has 0 fully saturated rings. The molecule has 0 aliphatic heterocycles. The summed E-state index contributed by atoms with van der Waals surface area (Å²) in [6.07, 6.45) is -0.577. The lowest BCUT2D eigenvalue weighted by atomic mass is 10.2. The summed E-state index contributed by atoms with van der Waals surface area (Å²) in [5, 5.41) is 13.3. The number of hydrogen-bond donors (Lipinski definition) is 1. The Bertz CT molecular complexity index is 344. The molecular formula is C9H14N2O2. The zero-order valence-electron chi connectivity index (χ0n) is 8.06. The summed E-state index contributed by atoms with van der Waals surface area (Å²) in [6.45, 7) is 5.21. The minimum Gasteiger partial charge on any atom is -0.391 e. The van der Waals surface area contributed by atoms with Gasteiger partial charge in [-0.15, -0.1) is 0 Å². The first kappa shape index (κ1) is 9.92. The van der Waals surface area contributed by atoms with Gasteiger partial charge in [-0.1, -0.05) is 0 Å². The summed E-state index contributed by atoms with van der Waals surface area (Å²) >= 11 is 0. The van der Waals surface area contributed by atoms with E-state index in [0.717, 1.165) is 5.69 Å². The van der Waals surface area contributed by atoms with Gasteiger partial charge < -0.3 is 5.11 Å². The highest BCUT2D eigenvalue weighted by Crippen LogP contribution is 2.05. The molecule has 1 aromatic rings. The van der Waals surface area contributed by atoms with E-state index in [0.29, 0.717) is 0 Å². The van der Waals surface area contributed by atoms with Gasteiger partial charge in [-0.25, -0.2) is 4.68 Å². The van der Waals surface area contributed by atoms with Crippen LogP contribution in [0.2, 0.25) is 0 Å². The number of rotatable bonds is 2. The van der Waals surface area contributed by atoms with Crippen molar-refractivity contribution in [3.63, 3.8) is 0 Å². The predicted octanol–water partition coefficient (Wildman–Crippen LogP) is 0.494. The van der Waals surface area contributed by atoms with E-state index in [1.165, 1.54) is 10.7 Å². The Morgan fingerprint density at radius 1 is 1.46 bits per heavy atom. The molecule has 4 nitrogen and oxygen atoms in total. The normalized spacial score (nSPS) is 15.4. The van der Waals surface area contributed by atoms with Crippen LogP contribution in [-0.2, 0) is 0 Å². The van der Waals surface area contributed by atoms with Crippen molar-refractivity contribution >= 4 is 0 Å². The largest absolute Gasteiger partial charge is 0.391 e. The van der Waals surface area contributed by atoms with Gasteiger partial charge in [-0.2, -0.15) is 5.10 Å². The average molecular weight is 182 g/mol. The third-order valence-corrected chi connectivity index (χ3v) is 2.04. The molecule has 1 aromatic heterocycles. The predicted molar refractivity (Wildman–Crippen MR) is 49.6 cm³/mol. The molecule has 0 aliphatic rings. The van der Waals surface area contributed by atoms with Crippen molar-refractivity contribution in [2.75, 3.05) is 0 Å².